The highest BCUT2D eigenvalue weighted by molar-refractivity contribution is 5.79. The van der Waals surface area contributed by atoms with Crippen molar-refractivity contribution in [3.05, 3.63) is 0 Å². The predicted molar refractivity (Wildman–Crippen MR) is 137 cm³/mol. The SMILES string of the molecule is CC1CC(C(NC=O)C(=O)OCCCCOC(=O)C(NC=O)C2CC(C)OC3CCCC32)C2CCCC2O1. The molecular formula is C28H44N2O8. The third-order valence-electron chi connectivity index (χ3n) is 9.02. The first-order valence-electron chi connectivity index (χ1n) is 14.5. The molecule has 38 heavy (non-hydrogen) atoms. The third kappa shape index (κ3) is 6.86. The Morgan fingerprint density at radius 2 is 1.18 bits per heavy atom. The van der Waals surface area contributed by atoms with Crippen molar-refractivity contribution >= 4 is 24.8 Å². The number of rotatable bonds is 13. The Bertz CT molecular complexity index is 759. The van der Waals surface area contributed by atoms with Gasteiger partial charge in [0.15, 0.2) is 0 Å². The van der Waals surface area contributed by atoms with Gasteiger partial charge < -0.3 is 29.6 Å². The maximum Gasteiger partial charge on any atom is 0.328 e. The van der Waals surface area contributed by atoms with Crippen LogP contribution in [0.3, 0.4) is 0 Å². The Labute approximate surface area is 225 Å². The van der Waals surface area contributed by atoms with Crippen LogP contribution in [0.15, 0.2) is 0 Å². The van der Waals surface area contributed by atoms with Crippen molar-refractivity contribution in [2.45, 2.75) is 115 Å². The maximum atomic E-state index is 12.9. The van der Waals surface area contributed by atoms with E-state index in [0.29, 0.717) is 38.5 Å². The molecule has 2 N–H and O–H groups in total. The van der Waals surface area contributed by atoms with Gasteiger partial charge in [-0.1, -0.05) is 12.8 Å². The molecule has 0 radical (unpaired) electrons. The van der Waals surface area contributed by atoms with Gasteiger partial charge in [-0.25, -0.2) is 9.59 Å². The standard InChI is InChI=1S/C28H44N2O8/c1-17-13-21(19-7-5-9-23(19)37-17)25(29-15-31)27(33)35-11-3-4-12-36-28(34)26(30-16-32)22-14-18(2)38-24-10-6-8-20(22)24/h15-26H,3-14H2,1-2H3,(H,29,31)(H,30,32). The van der Waals surface area contributed by atoms with Crippen LogP contribution in [0.5, 0.6) is 0 Å². The zero-order valence-electron chi connectivity index (χ0n) is 22.7. The first kappa shape index (κ1) is 28.8. The number of esters is 2. The van der Waals surface area contributed by atoms with E-state index in [1.165, 1.54) is 0 Å². The summed E-state index contributed by atoms with van der Waals surface area (Å²) in [4.78, 5) is 48.4. The van der Waals surface area contributed by atoms with Gasteiger partial charge in [0.1, 0.15) is 12.1 Å². The summed E-state index contributed by atoms with van der Waals surface area (Å²) >= 11 is 0. The van der Waals surface area contributed by atoms with Crippen LogP contribution in [0, 0.1) is 23.7 Å². The van der Waals surface area contributed by atoms with Crippen molar-refractivity contribution in [3.63, 3.8) is 0 Å². The zero-order valence-corrected chi connectivity index (χ0v) is 22.7. The molecule has 4 fully saturated rings. The molecule has 2 saturated heterocycles. The van der Waals surface area contributed by atoms with Crippen LogP contribution >= 0.6 is 0 Å². The molecule has 0 aromatic rings. The van der Waals surface area contributed by atoms with Gasteiger partial charge in [-0.2, -0.15) is 0 Å². The molecule has 10 atom stereocenters. The Kier molecular flexibility index (Phi) is 10.4. The molecule has 2 aliphatic carbocycles. The predicted octanol–water partition coefficient (Wildman–Crippen LogP) is 2.27. The van der Waals surface area contributed by atoms with Gasteiger partial charge in [0.2, 0.25) is 12.8 Å². The summed E-state index contributed by atoms with van der Waals surface area (Å²) in [5, 5.41) is 5.40. The lowest BCUT2D eigenvalue weighted by atomic mass is 9.78. The number of carbonyl (C=O) groups is 4. The maximum absolute atomic E-state index is 12.9. The number of carbonyl (C=O) groups excluding carboxylic acids is 4. The summed E-state index contributed by atoms with van der Waals surface area (Å²) in [6.45, 7) is 4.38. The molecule has 2 saturated carbocycles. The summed E-state index contributed by atoms with van der Waals surface area (Å²) in [6, 6.07) is -1.36. The van der Waals surface area contributed by atoms with E-state index >= 15 is 0 Å². The van der Waals surface area contributed by atoms with Gasteiger partial charge >= 0.3 is 11.9 Å². The van der Waals surface area contributed by atoms with Crippen LogP contribution in [0.25, 0.3) is 0 Å². The smallest absolute Gasteiger partial charge is 0.328 e. The van der Waals surface area contributed by atoms with Crippen LogP contribution in [-0.2, 0) is 38.1 Å². The Balaban J connectivity index is 1.20. The average Bonchev–Trinajstić information content (AvgIpc) is 3.56. The molecule has 214 valence electrons. The van der Waals surface area contributed by atoms with Crippen LogP contribution < -0.4 is 10.6 Å². The molecule has 4 rings (SSSR count). The van der Waals surface area contributed by atoms with Crippen molar-refractivity contribution in [2.24, 2.45) is 23.7 Å². The first-order valence-corrected chi connectivity index (χ1v) is 14.5. The molecule has 2 aliphatic heterocycles. The van der Waals surface area contributed by atoms with Crippen molar-refractivity contribution in [3.8, 4) is 0 Å². The minimum absolute atomic E-state index is 0.000437. The molecule has 0 aromatic carbocycles. The van der Waals surface area contributed by atoms with Crippen LogP contribution in [-0.4, -0.2) is 74.5 Å². The zero-order chi connectivity index (χ0) is 27.1. The Morgan fingerprint density at radius 3 is 1.58 bits per heavy atom. The van der Waals surface area contributed by atoms with E-state index in [2.05, 4.69) is 10.6 Å². The lowest BCUT2D eigenvalue weighted by molar-refractivity contribution is -0.156. The number of ether oxygens (including phenoxy) is 4. The molecule has 4 aliphatic rings. The van der Waals surface area contributed by atoms with E-state index in [1.54, 1.807) is 0 Å². The number of hydrogen-bond donors (Lipinski definition) is 2. The highest BCUT2D eigenvalue weighted by atomic mass is 16.5. The van der Waals surface area contributed by atoms with E-state index < -0.39 is 24.0 Å². The molecule has 2 amide bonds. The second-order valence-electron chi connectivity index (χ2n) is 11.5. The summed E-state index contributed by atoms with van der Waals surface area (Å²) < 4.78 is 23.2. The fraction of sp³-hybridized carbons (Fsp3) is 0.857. The van der Waals surface area contributed by atoms with Gasteiger partial charge in [-0.15, -0.1) is 0 Å². The van der Waals surface area contributed by atoms with E-state index in [9.17, 15) is 19.2 Å². The van der Waals surface area contributed by atoms with Gasteiger partial charge in [-0.3, -0.25) is 9.59 Å². The quantitative estimate of drug-likeness (QED) is 0.208. The number of fused-ring (bicyclic) bond motifs is 2. The van der Waals surface area contributed by atoms with Crippen LogP contribution in [0.2, 0.25) is 0 Å². The Hall–Kier alpha value is -2.20. The summed E-state index contributed by atoms with van der Waals surface area (Å²) in [7, 11) is 0. The minimum atomic E-state index is -0.682. The summed E-state index contributed by atoms with van der Waals surface area (Å²) in [5.41, 5.74) is 0. The first-order chi connectivity index (χ1) is 18.4. The Morgan fingerprint density at radius 1 is 0.763 bits per heavy atom. The van der Waals surface area contributed by atoms with Crippen LogP contribution in [0.1, 0.15) is 78.1 Å². The fourth-order valence-electron chi connectivity index (χ4n) is 7.43. The number of unbranched alkanes of at least 4 members (excludes halogenated alkanes) is 1. The molecule has 2 heterocycles. The van der Waals surface area contributed by atoms with Gasteiger partial charge in [0.05, 0.1) is 37.6 Å². The van der Waals surface area contributed by atoms with E-state index in [-0.39, 0.29) is 61.3 Å². The second kappa shape index (κ2) is 13.7. The third-order valence-corrected chi connectivity index (χ3v) is 9.02. The normalized spacial score (nSPS) is 35.7. The number of amides is 2. The lowest BCUT2D eigenvalue weighted by Gasteiger charge is -2.40. The summed E-state index contributed by atoms with van der Waals surface area (Å²) in [5.74, 6) is -0.342. The van der Waals surface area contributed by atoms with Gasteiger partial charge in [0, 0.05) is 0 Å². The molecular weight excluding hydrogens is 492 g/mol. The van der Waals surface area contributed by atoms with Gasteiger partial charge in [-0.05, 0) is 88.9 Å². The molecule has 10 heteroatoms. The highest BCUT2D eigenvalue weighted by Crippen LogP contribution is 2.44. The lowest BCUT2D eigenvalue weighted by Crippen LogP contribution is -2.51. The van der Waals surface area contributed by atoms with E-state index in [0.717, 1.165) is 38.5 Å². The second-order valence-corrected chi connectivity index (χ2v) is 11.5. The average molecular weight is 537 g/mol. The molecule has 10 nitrogen and oxygen atoms in total. The molecule has 10 unspecified atom stereocenters. The van der Waals surface area contributed by atoms with Crippen molar-refractivity contribution in [1.29, 1.82) is 0 Å². The molecule has 0 aromatic heterocycles. The van der Waals surface area contributed by atoms with Crippen LogP contribution in [0.4, 0.5) is 0 Å². The monoisotopic (exact) mass is 536 g/mol. The highest BCUT2D eigenvalue weighted by Gasteiger charge is 2.47. The topological polar surface area (TPSA) is 129 Å². The number of nitrogens with one attached hydrogen (secondary N) is 2. The number of hydrogen-bond acceptors (Lipinski definition) is 8. The molecule has 0 bridgehead atoms. The largest absolute Gasteiger partial charge is 0.464 e. The fourth-order valence-corrected chi connectivity index (χ4v) is 7.43. The minimum Gasteiger partial charge on any atom is -0.464 e. The van der Waals surface area contributed by atoms with Crippen molar-refractivity contribution in [2.75, 3.05) is 13.2 Å². The van der Waals surface area contributed by atoms with E-state index in [4.69, 9.17) is 18.9 Å². The van der Waals surface area contributed by atoms with Crippen molar-refractivity contribution in [1.82, 2.24) is 10.6 Å². The van der Waals surface area contributed by atoms with Gasteiger partial charge in [0.25, 0.3) is 0 Å². The van der Waals surface area contributed by atoms with Crippen molar-refractivity contribution < 1.29 is 38.1 Å². The molecule has 0 spiro atoms. The van der Waals surface area contributed by atoms with E-state index in [1.807, 2.05) is 13.8 Å². The summed E-state index contributed by atoms with van der Waals surface area (Å²) in [6.07, 6.45) is 10.1.